The Kier molecular flexibility index (Phi) is 3.68. The van der Waals surface area contributed by atoms with Gasteiger partial charge in [-0.15, -0.1) is 0 Å². The number of carboxylic acid groups (broad SMARTS) is 1. The molecule has 0 heterocycles. The number of aryl methyl sites for hydroxylation is 3. The van der Waals surface area contributed by atoms with Crippen LogP contribution in [0, 0.1) is 32.1 Å². The Morgan fingerprint density at radius 3 is 2.21 bits per heavy atom. The highest BCUT2D eigenvalue weighted by molar-refractivity contribution is 5.76. The molecule has 3 N–H and O–H groups in total. The average molecular weight is 261 g/mol. The summed E-state index contributed by atoms with van der Waals surface area (Å²) < 4.78 is 0. The van der Waals surface area contributed by atoms with Gasteiger partial charge >= 0.3 is 5.97 Å². The molecule has 1 aliphatic carbocycles. The lowest BCUT2D eigenvalue weighted by Gasteiger charge is -2.29. The van der Waals surface area contributed by atoms with Crippen LogP contribution < -0.4 is 5.73 Å². The summed E-state index contributed by atoms with van der Waals surface area (Å²) in [6, 6.07) is 4.25. The fraction of sp³-hybridized carbons (Fsp3) is 0.562. The average Bonchev–Trinajstić information content (AvgIpc) is 3.12. The van der Waals surface area contributed by atoms with Crippen molar-refractivity contribution >= 4 is 5.97 Å². The molecule has 1 unspecified atom stereocenters. The molecule has 1 aromatic carbocycles. The summed E-state index contributed by atoms with van der Waals surface area (Å²) >= 11 is 0. The lowest BCUT2D eigenvalue weighted by Crippen LogP contribution is -2.43. The minimum Gasteiger partial charge on any atom is -0.481 e. The second-order valence-electron chi connectivity index (χ2n) is 5.99. The van der Waals surface area contributed by atoms with E-state index in [4.69, 9.17) is 5.73 Å². The van der Waals surface area contributed by atoms with Crippen molar-refractivity contribution < 1.29 is 9.90 Å². The highest BCUT2D eigenvalue weighted by Gasteiger charge is 2.50. The van der Waals surface area contributed by atoms with E-state index in [2.05, 4.69) is 32.9 Å². The molecule has 1 aliphatic rings. The van der Waals surface area contributed by atoms with Crippen molar-refractivity contribution in [3.63, 3.8) is 0 Å². The van der Waals surface area contributed by atoms with Gasteiger partial charge in [-0.3, -0.25) is 4.79 Å². The van der Waals surface area contributed by atoms with Gasteiger partial charge in [-0.1, -0.05) is 17.7 Å². The maximum absolute atomic E-state index is 11.7. The first-order chi connectivity index (χ1) is 8.90. The van der Waals surface area contributed by atoms with Gasteiger partial charge in [0.2, 0.25) is 0 Å². The monoisotopic (exact) mass is 261 g/mol. The molecule has 0 bridgehead atoms. The van der Waals surface area contributed by atoms with Crippen molar-refractivity contribution in [1.29, 1.82) is 0 Å². The number of aliphatic carboxylic acids is 1. The SMILES string of the molecule is Cc1cc(C)c(CC(CN)(C(=O)O)C2CC2)c(C)c1. The molecule has 1 atom stereocenters. The molecule has 0 amide bonds. The van der Waals surface area contributed by atoms with Crippen molar-refractivity contribution in [2.24, 2.45) is 17.1 Å². The molecule has 1 aromatic rings. The Hall–Kier alpha value is -1.35. The van der Waals surface area contributed by atoms with Crippen LogP contribution in [0.5, 0.6) is 0 Å². The zero-order chi connectivity index (χ0) is 14.2. The van der Waals surface area contributed by atoms with E-state index in [1.807, 2.05) is 0 Å². The van der Waals surface area contributed by atoms with Crippen LogP contribution in [-0.4, -0.2) is 17.6 Å². The van der Waals surface area contributed by atoms with Crippen molar-refractivity contribution in [3.05, 3.63) is 34.4 Å². The third-order valence-corrected chi connectivity index (χ3v) is 4.48. The highest BCUT2D eigenvalue weighted by Crippen LogP contribution is 2.48. The standard InChI is InChI=1S/C16H23NO2/c1-10-6-11(2)14(12(3)7-10)8-16(9-17,15(18)19)13-4-5-13/h6-7,13H,4-5,8-9,17H2,1-3H3,(H,18,19). The van der Waals surface area contributed by atoms with Gasteiger partial charge in [0.25, 0.3) is 0 Å². The number of rotatable bonds is 5. The van der Waals surface area contributed by atoms with Crippen LogP contribution in [0.3, 0.4) is 0 Å². The van der Waals surface area contributed by atoms with Gasteiger partial charge in [0.1, 0.15) is 0 Å². The van der Waals surface area contributed by atoms with Crippen LogP contribution in [0.15, 0.2) is 12.1 Å². The Morgan fingerprint density at radius 2 is 1.84 bits per heavy atom. The quantitative estimate of drug-likeness (QED) is 0.856. The van der Waals surface area contributed by atoms with Gasteiger partial charge in [-0.25, -0.2) is 0 Å². The molecule has 104 valence electrons. The van der Waals surface area contributed by atoms with E-state index >= 15 is 0 Å². The lowest BCUT2D eigenvalue weighted by atomic mass is 9.75. The molecule has 0 aromatic heterocycles. The Bertz CT molecular complexity index is 482. The summed E-state index contributed by atoms with van der Waals surface area (Å²) in [6.07, 6.45) is 2.54. The summed E-state index contributed by atoms with van der Waals surface area (Å²) in [5.41, 5.74) is 9.81. The lowest BCUT2D eigenvalue weighted by molar-refractivity contribution is -0.149. The first-order valence-corrected chi connectivity index (χ1v) is 6.91. The van der Waals surface area contributed by atoms with Crippen LogP contribution in [-0.2, 0) is 11.2 Å². The summed E-state index contributed by atoms with van der Waals surface area (Å²) in [6.45, 7) is 6.41. The van der Waals surface area contributed by atoms with Gasteiger partial charge in [-0.2, -0.15) is 0 Å². The van der Waals surface area contributed by atoms with E-state index in [0.29, 0.717) is 6.42 Å². The van der Waals surface area contributed by atoms with Gasteiger partial charge in [0.15, 0.2) is 0 Å². The molecule has 3 heteroatoms. The van der Waals surface area contributed by atoms with Crippen molar-refractivity contribution in [2.75, 3.05) is 6.54 Å². The summed E-state index contributed by atoms with van der Waals surface area (Å²) in [5, 5.41) is 9.65. The molecular weight excluding hydrogens is 238 g/mol. The number of carbonyl (C=O) groups is 1. The summed E-state index contributed by atoms with van der Waals surface area (Å²) in [5.74, 6) is -0.494. The number of nitrogens with two attached hydrogens (primary N) is 1. The van der Waals surface area contributed by atoms with Gasteiger partial charge < -0.3 is 10.8 Å². The topological polar surface area (TPSA) is 63.3 Å². The molecule has 3 nitrogen and oxygen atoms in total. The number of benzene rings is 1. The van der Waals surface area contributed by atoms with E-state index in [-0.39, 0.29) is 12.5 Å². The molecule has 0 radical (unpaired) electrons. The van der Waals surface area contributed by atoms with E-state index in [1.54, 1.807) is 0 Å². The fourth-order valence-electron chi connectivity index (χ4n) is 3.16. The van der Waals surface area contributed by atoms with E-state index in [1.165, 1.54) is 16.7 Å². The molecule has 19 heavy (non-hydrogen) atoms. The zero-order valence-corrected chi connectivity index (χ0v) is 12.0. The van der Waals surface area contributed by atoms with Crippen LogP contribution in [0.25, 0.3) is 0 Å². The van der Waals surface area contributed by atoms with Gasteiger partial charge in [0.05, 0.1) is 5.41 Å². The predicted octanol–water partition coefficient (Wildman–Crippen LogP) is 2.59. The third kappa shape index (κ3) is 2.52. The van der Waals surface area contributed by atoms with Crippen LogP contribution in [0.2, 0.25) is 0 Å². The van der Waals surface area contributed by atoms with E-state index in [0.717, 1.165) is 18.4 Å². The highest BCUT2D eigenvalue weighted by atomic mass is 16.4. The fourth-order valence-corrected chi connectivity index (χ4v) is 3.16. The van der Waals surface area contributed by atoms with Crippen LogP contribution in [0.4, 0.5) is 0 Å². The van der Waals surface area contributed by atoms with Gasteiger partial charge in [-0.05, 0) is 62.6 Å². The molecular formula is C16H23NO2. The second-order valence-corrected chi connectivity index (χ2v) is 5.99. The van der Waals surface area contributed by atoms with Crippen LogP contribution >= 0.6 is 0 Å². The van der Waals surface area contributed by atoms with Crippen molar-refractivity contribution in [3.8, 4) is 0 Å². The minimum absolute atomic E-state index is 0.222. The normalized spacial score (nSPS) is 18.1. The number of hydrogen-bond donors (Lipinski definition) is 2. The zero-order valence-electron chi connectivity index (χ0n) is 12.0. The molecule has 0 spiro atoms. The first-order valence-electron chi connectivity index (χ1n) is 6.91. The number of hydrogen-bond acceptors (Lipinski definition) is 2. The first kappa shape index (κ1) is 14.1. The van der Waals surface area contributed by atoms with Crippen molar-refractivity contribution in [2.45, 2.75) is 40.0 Å². The molecule has 0 aliphatic heterocycles. The Labute approximate surface area is 114 Å². The predicted molar refractivity (Wildman–Crippen MR) is 76.2 cm³/mol. The van der Waals surface area contributed by atoms with Crippen LogP contribution in [0.1, 0.15) is 35.1 Å². The van der Waals surface area contributed by atoms with Gasteiger partial charge in [0, 0.05) is 6.54 Å². The van der Waals surface area contributed by atoms with E-state index in [9.17, 15) is 9.90 Å². The van der Waals surface area contributed by atoms with Crippen molar-refractivity contribution in [1.82, 2.24) is 0 Å². The summed E-state index contributed by atoms with van der Waals surface area (Å²) in [7, 11) is 0. The third-order valence-electron chi connectivity index (χ3n) is 4.48. The maximum atomic E-state index is 11.7. The second kappa shape index (κ2) is 4.97. The molecule has 1 saturated carbocycles. The Morgan fingerprint density at radius 1 is 1.32 bits per heavy atom. The maximum Gasteiger partial charge on any atom is 0.311 e. The number of carboxylic acids is 1. The molecule has 0 saturated heterocycles. The smallest absolute Gasteiger partial charge is 0.311 e. The molecule has 1 fully saturated rings. The van der Waals surface area contributed by atoms with E-state index < -0.39 is 11.4 Å². The largest absolute Gasteiger partial charge is 0.481 e. The summed E-state index contributed by atoms with van der Waals surface area (Å²) in [4.78, 5) is 11.7. The molecule has 2 rings (SSSR count). The Balaban J connectivity index is 2.40. The minimum atomic E-state index is -0.773.